The Morgan fingerprint density at radius 1 is 0.463 bits per heavy atom. The van der Waals surface area contributed by atoms with Crippen molar-refractivity contribution in [2.45, 2.75) is 19.3 Å². The molecule has 11 aromatic rings. The van der Waals surface area contributed by atoms with E-state index >= 15 is 0 Å². The third kappa shape index (κ3) is 3.85. The Labute approximate surface area is 311 Å². The number of benzene rings is 9. The van der Waals surface area contributed by atoms with Crippen molar-refractivity contribution in [2.24, 2.45) is 0 Å². The molecule has 0 radical (unpaired) electrons. The molecule has 0 unspecified atom stereocenters. The minimum atomic E-state index is -0.322. The molecule has 0 saturated heterocycles. The lowest BCUT2D eigenvalue weighted by Crippen LogP contribution is -2.18. The van der Waals surface area contributed by atoms with Crippen molar-refractivity contribution in [1.82, 2.24) is 14.5 Å². The van der Waals surface area contributed by atoms with E-state index in [1.165, 1.54) is 75.8 Å². The van der Waals surface area contributed by atoms with Gasteiger partial charge in [-0.05, 0) is 66.3 Å². The van der Waals surface area contributed by atoms with Gasteiger partial charge in [0, 0.05) is 38.1 Å². The van der Waals surface area contributed by atoms with Crippen LogP contribution in [0.4, 0.5) is 0 Å². The van der Waals surface area contributed by atoms with Crippen LogP contribution in [-0.4, -0.2) is 14.5 Å². The predicted molar refractivity (Wildman–Crippen MR) is 227 cm³/mol. The first kappa shape index (κ1) is 29.7. The van der Waals surface area contributed by atoms with Crippen LogP contribution in [0.25, 0.3) is 104 Å². The summed E-state index contributed by atoms with van der Waals surface area (Å²) in [5.74, 6) is 0.693. The fourth-order valence-corrected chi connectivity index (χ4v) is 9.65. The molecule has 0 fully saturated rings. The van der Waals surface area contributed by atoms with Gasteiger partial charge in [-0.1, -0.05) is 166 Å². The van der Waals surface area contributed by atoms with Gasteiger partial charge >= 0.3 is 0 Å². The number of hydrogen-bond donors (Lipinski definition) is 0. The van der Waals surface area contributed by atoms with E-state index in [0.717, 1.165) is 33.5 Å². The summed E-state index contributed by atoms with van der Waals surface area (Å²) >= 11 is 0. The summed E-state index contributed by atoms with van der Waals surface area (Å²) < 4.78 is 2.36. The molecule has 1 aliphatic rings. The molecule has 0 amide bonds. The van der Waals surface area contributed by atoms with Gasteiger partial charge in [-0.2, -0.15) is 0 Å². The molecule has 0 saturated carbocycles. The van der Waals surface area contributed by atoms with E-state index in [-0.39, 0.29) is 5.41 Å². The van der Waals surface area contributed by atoms with Crippen molar-refractivity contribution in [3.05, 3.63) is 175 Å². The van der Waals surface area contributed by atoms with Crippen molar-refractivity contribution >= 4 is 75.7 Å². The Morgan fingerprint density at radius 2 is 1.06 bits per heavy atom. The second-order valence-corrected chi connectivity index (χ2v) is 15.3. The number of rotatable bonds is 2. The molecule has 1 aliphatic carbocycles. The molecule has 2 aromatic heterocycles. The zero-order valence-corrected chi connectivity index (χ0v) is 29.9. The topological polar surface area (TPSA) is 30.7 Å². The number of hydrogen-bond acceptors (Lipinski definition) is 2. The second-order valence-electron chi connectivity index (χ2n) is 15.3. The Morgan fingerprint density at radius 3 is 1.85 bits per heavy atom. The second kappa shape index (κ2) is 10.6. The zero-order valence-electron chi connectivity index (χ0n) is 29.9. The first-order valence-corrected chi connectivity index (χ1v) is 18.8. The van der Waals surface area contributed by atoms with Crippen LogP contribution in [0.2, 0.25) is 0 Å². The van der Waals surface area contributed by atoms with Gasteiger partial charge in [0.25, 0.3) is 0 Å². The van der Waals surface area contributed by atoms with Gasteiger partial charge in [-0.25, -0.2) is 9.97 Å². The summed E-state index contributed by atoms with van der Waals surface area (Å²) in [6.07, 6.45) is 0. The van der Waals surface area contributed by atoms with Crippen molar-refractivity contribution in [3.8, 4) is 28.3 Å². The quantitative estimate of drug-likeness (QED) is 0.169. The fraction of sp³-hybridized carbons (Fsp3) is 0.0588. The average Bonchev–Trinajstić information content (AvgIpc) is 3.69. The first-order valence-electron chi connectivity index (χ1n) is 18.8. The van der Waals surface area contributed by atoms with E-state index < -0.39 is 0 Å². The average molecular weight is 688 g/mol. The molecule has 0 aliphatic heterocycles. The van der Waals surface area contributed by atoms with Gasteiger partial charge < -0.3 is 0 Å². The van der Waals surface area contributed by atoms with E-state index in [1.807, 2.05) is 0 Å². The lowest BCUT2D eigenvalue weighted by Gasteiger charge is -2.21. The van der Waals surface area contributed by atoms with E-state index in [0.29, 0.717) is 5.95 Å². The summed E-state index contributed by atoms with van der Waals surface area (Å²) in [5.41, 5.74) is 8.65. The highest BCUT2D eigenvalue weighted by atomic mass is 15.2. The van der Waals surface area contributed by atoms with Crippen LogP contribution in [0.1, 0.15) is 25.1 Å². The summed E-state index contributed by atoms with van der Waals surface area (Å²) in [5, 5.41) is 14.8. The van der Waals surface area contributed by atoms with Gasteiger partial charge in [0.1, 0.15) is 0 Å². The van der Waals surface area contributed by atoms with Crippen LogP contribution in [0.3, 0.4) is 0 Å². The molecule has 3 heteroatoms. The molecule has 54 heavy (non-hydrogen) atoms. The van der Waals surface area contributed by atoms with Crippen LogP contribution in [-0.2, 0) is 5.41 Å². The number of nitrogens with zero attached hydrogens (tertiary/aromatic N) is 3. The molecular weight excluding hydrogens is 655 g/mol. The van der Waals surface area contributed by atoms with Crippen LogP contribution >= 0.6 is 0 Å². The Hall–Kier alpha value is -6.84. The maximum absolute atomic E-state index is 5.68. The monoisotopic (exact) mass is 687 g/mol. The van der Waals surface area contributed by atoms with Crippen molar-refractivity contribution < 1.29 is 0 Å². The highest BCUT2D eigenvalue weighted by Gasteiger charge is 2.40. The van der Waals surface area contributed by atoms with Crippen LogP contribution in [0.15, 0.2) is 164 Å². The van der Waals surface area contributed by atoms with E-state index in [1.54, 1.807) is 0 Å². The molecule has 0 atom stereocenters. The third-order valence-electron chi connectivity index (χ3n) is 12.1. The van der Waals surface area contributed by atoms with Gasteiger partial charge in [0.05, 0.1) is 22.4 Å². The van der Waals surface area contributed by atoms with Crippen molar-refractivity contribution in [1.29, 1.82) is 0 Å². The molecule has 252 valence electrons. The van der Waals surface area contributed by atoms with E-state index in [4.69, 9.17) is 9.97 Å². The first-order chi connectivity index (χ1) is 26.6. The Kier molecular flexibility index (Phi) is 5.84. The van der Waals surface area contributed by atoms with Crippen LogP contribution < -0.4 is 0 Å². The maximum Gasteiger partial charge on any atom is 0.235 e. The fourth-order valence-electron chi connectivity index (χ4n) is 9.65. The molecule has 0 bridgehead atoms. The molecule has 3 nitrogen and oxygen atoms in total. The summed E-state index contributed by atoms with van der Waals surface area (Å²) in [4.78, 5) is 11.3. The normalized spacial score (nSPS) is 13.5. The molecule has 9 aromatic carbocycles. The smallest absolute Gasteiger partial charge is 0.235 e. The molecular formula is C51H33N3. The third-order valence-corrected chi connectivity index (χ3v) is 12.1. The van der Waals surface area contributed by atoms with Crippen LogP contribution in [0, 0.1) is 0 Å². The highest BCUT2D eigenvalue weighted by molar-refractivity contribution is 6.36. The molecule has 12 rings (SSSR count). The van der Waals surface area contributed by atoms with Gasteiger partial charge in [-0.15, -0.1) is 0 Å². The maximum atomic E-state index is 5.68. The molecule has 2 heterocycles. The largest absolute Gasteiger partial charge is 0.277 e. The lowest BCUT2D eigenvalue weighted by atomic mass is 9.85. The van der Waals surface area contributed by atoms with Crippen molar-refractivity contribution in [2.75, 3.05) is 0 Å². The van der Waals surface area contributed by atoms with E-state index in [9.17, 15) is 0 Å². The molecule has 0 N–H and O–H groups in total. The van der Waals surface area contributed by atoms with Gasteiger partial charge in [-0.3, -0.25) is 4.57 Å². The summed E-state index contributed by atoms with van der Waals surface area (Å²) in [6, 6.07) is 59.8. The number of aromatic nitrogens is 3. The minimum absolute atomic E-state index is 0.322. The SMILES string of the molecule is CC1(C)c2ccccc2-c2c(-c3ccc4ccccc4c3)nc(-n3c4ccc5c6ccccc6c6ccccc6c5c4c4ccc5ccccc5c43)nc21. The Bertz CT molecular complexity index is 3390. The summed E-state index contributed by atoms with van der Waals surface area (Å²) in [6.45, 7) is 4.62. The van der Waals surface area contributed by atoms with Crippen molar-refractivity contribution in [3.63, 3.8) is 0 Å². The van der Waals surface area contributed by atoms with Gasteiger partial charge in [0.2, 0.25) is 5.95 Å². The lowest BCUT2D eigenvalue weighted by molar-refractivity contribution is 0.632. The highest BCUT2D eigenvalue weighted by Crippen LogP contribution is 2.52. The molecule has 0 spiro atoms. The Balaban J connectivity index is 1.28. The van der Waals surface area contributed by atoms with Gasteiger partial charge in [0.15, 0.2) is 0 Å². The zero-order chi connectivity index (χ0) is 35.7. The predicted octanol–water partition coefficient (Wildman–Crippen LogP) is 13.3. The number of fused-ring (bicyclic) bond motifs is 16. The summed E-state index contributed by atoms with van der Waals surface area (Å²) in [7, 11) is 0. The standard InChI is InChI=1S/C51H33N3/c1-51(2)42-22-12-11-21-40(42)46-47(33-24-23-30-13-3-4-15-32(30)29-33)52-50(53-49(46)51)54-43-28-27-39-37-19-8-7-17-35(37)36-18-9-10-20-38(36)44(39)45(43)41-26-25-31-14-5-6-16-34(31)48(41)54/h3-29H,1-2H3. The van der Waals surface area contributed by atoms with Crippen LogP contribution in [0.5, 0.6) is 0 Å². The minimum Gasteiger partial charge on any atom is -0.277 e. The van der Waals surface area contributed by atoms with E-state index in [2.05, 4.69) is 182 Å².